The fourth-order valence-corrected chi connectivity index (χ4v) is 1.33. The van der Waals surface area contributed by atoms with Crippen LogP contribution in [0.2, 0.25) is 0 Å². The predicted molar refractivity (Wildman–Crippen MR) is 66.8 cm³/mol. The highest BCUT2D eigenvalue weighted by Gasteiger charge is 1.99. The van der Waals surface area contributed by atoms with Gasteiger partial charge in [-0.1, -0.05) is 19.4 Å². The largest absolute Gasteiger partial charge is 0.489 e. The van der Waals surface area contributed by atoms with Gasteiger partial charge in [-0.05, 0) is 31.0 Å². The molecular weight excluding hydrogens is 202 g/mol. The standard InChI is InChI=1S/C13H21NO2/c1-3-4-7-15-8-9-16-13-10-11(2)5-6-12(13)14/h5-6,10H,3-4,7-9,14H2,1-2H3. The zero-order valence-corrected chi connectivity index (χ0v) is 10.2. The number of unbranched alkanes of at least 4 members (excludes halogenated alkanes) is 1. The maximum Gasteiger partial charge on any atom is 0.142 e. The lowest BCUT2D eigenvalue weighted by atomic mass is 10.2. The van der Waals surface area contributed by atoms with Gasteiger partial charge in [0.2, 0.25) is 0 Å². The fraction of sp³-hybridized carbons (Fsp3) is 0.538. The van der Waals surface area contributed by atoms with Gasteiger partial charge in [0.25, 0.3) is 0 Å². The smallest absolute Gasteiger partial charge is 0.142 e. The molecule has 0 aromatic heterocycles. The van der Waals surface area contributed by atoms with Crippen molar-refractivity contribution in [3.05, 3.63) is 23.8 Å². The van der Waals surface area contributed by atoms with Crippen LogP contribution in [0, 0.1) is 6.92 Å². The molecule has 0 amide bonds. The Morgan fingerprint density at radius 1 is 1.19 bits per heavy atom. The molecule has 0 fully saturated rings. The molecule has 1 aromatic rings. The van der Waals surface area contributed by atoms with E-state index in [1.54, 1.807) is 0 Å². The van der Waals surface area contributed by atoms with Gasteiger partial charge in [-0.25, -0.2) is 0 Å². The first-order chi connectivity index (χ1) is 7.74. The molecule has 0 atom stereocenters. The molecule has 0 aliphatic rings. The van der Waals surface area contributed by atoms with Crippen LogP contribution >= 0.6 is 0 Å². The van der Waals surface area contributed by atoms with Crippen LogP contribution in [0.25, 0.3) is 0 Å². The molecule has 0 saturated carbocycles. The minimum absolute atomic E-state index is 0.553. The highest BCUT2D eigenvalue weighted by molar-refractivity contribution is 5.53. The summed E-state index contributed by atoms with van der Waals surface area (Å²) in [4.78, 5) is 0. The quantitative estimate of drug-likeness (QED) is 0.571. The second-order valence-corrected chi connectivity index (χ2v) is 3.86. The van der Waals surface area contributed by atoms with Crippen LogP contribution in [-0.2, 0) is 4.74 Å². The van der Waals surface area contributed by atoms with E-state index in [1.807, 2.05) is 25.1 Å². The Morgan fingerprint density at radius 3 is 2.75 bits per heavy atom. The Bertz CT molecular complexity index is 313. The van der Waals surface area contributed by atoms with Crippen molar-refractivity contribution in [2.45, 2.75) is 26.7 Å². The van der Waals surface area contributed by atoms with Crippen LogP contribution in [0.1, 0.15) is 25.3 Å². The van der Waals surface area contributed by atoms with Crippen LogP contribution in [0.3, 0.4) is 0 Å². The van der Waals surface area contributed by atoms with Crippen molar-refractivity contribution in [3.63, 3.8) is 0 Å². The number of benzene rings is 1. The van der Waals surface area contributed by atoms with Crippen LogP contribution in [0.15, 0.2) is 18.2 Å². The molecule has 1 aromatic carbocycles. The first-order valence-electron chi connectivity index (χ1n) is 5.80. The summed E-state index contributed by atoms with van der Waals surface area (Å²) in [7, 11) is 0. The third-order valence-electron chi connectivity index (χ3n) is 2.30. The van der Waals surface area contributed by atoms with Crippen molar-refractivity contribution in [2.24, 2.45) is 0 Å². The van der Waals surface area contributed by atoms with E-state index in [2.05, 4.69) is 6.92 Å². The summed E-state index contributed by atoms with van der Waals surface area (Å²) in [5, 5.41) is 0. The molecule has 0 heterocycles. The number of aryl methyl sites for hydroxylation is 1. The number of ether oxygens (including phenoxy) is 2. The lowest BCUT2D eigenvalue weighted by molar-refractivity contribution is 0.0983. The van der Waals surface area contributed by atoms with E-state index >= 15 is 0 Å². The van der Waals surface area contributed by atoms with Crippen LogP contribution in [0.5, 0.6) is 5.75 Å². The minimum Gasteiger partial charge on any atom is -0.489 e. The van der Waals surface area contributed by atoms with E-state index in [-0.39, 0.29) is 0 Å². The molecule has 0 aliphatic heterocycles. The maximum absolute atomic E-state index is 5.79. The molecule has 1 rings (SSSR count). The molecule has 0 radical (unpaired) electrons. The first-order valence-corrected chi connectivity index (χ1v) is 5.80. The second-order valence-electron chi connectivity index (χ2n) is 3.86. The van der Waals surface area contributed by atoms with Gasteiger partial charge in [-0.15, -0.1) is 0 Å². The van der Waals surface area contributed by atoms with Crippen LogP contribution in [-0.4, -0.2) is 19.8 Å². The number of hydrogen-bond acceptors (Lipinski definition) is 3. The Hall–Kier alpha value is -1.22. The SMILES string of the molecule is CCCCOCCOc1cc(C)ccc1N. The molecule has 90 valence electrons. The first kappa shape index (κ1) is 12.8. The molecular formula is C13H21NO2. The summed E-state index contributed by atoms with van der Waals surface area (Å²) in [6.07, 6.45) is 2.26. The van der Waals surface area contributed by atoms with Crippen molar-refractivity contribution < 1.29 is 9.47 Å². The average molecular weight is 223 g/mol. The van der Waals surface area contributed by atoms with E-state index in [4.69, 9.17) is 15.2 Å². The summed E-state index contributed by atoms with van der Waals surface area (Å²) >= 11 is 0. The number of hydrogen-bond donors (Lipinski definition) is 1. The number of nitrogens with two attached hydrogens (primary N) is 1. The van der Waals surface area contributed by atoms with E-state index in [1.165, 1.54) is 0 Å². The van der Waals surface area contributed by atoms with Crippen molar-refractivity contribution in [1.82, 2.24) is 0 Å². The lowest BCUT2D eigenvalue weighted by Crippen LogP contribution is -2.08. The third kappa shape index (κ3) is 4.53. The monoisotopic (exact) mass is 223 g/mol. The van der Waals surface area contributed by atoms with E-state index in [9.17, 15) is 0 Å². The Kier molecular flexibility index (Phi) is 5.72. The van der Waals surface area contributed by atoms with Crippen molar-refractivity contribution in [3.8, 4) is 5.75 Å². The summed E-state index contributed by atoms with van der Waals surface area (Å²) < 4.78 is 10.9. The minimum atomic E-state index is 0.553. The molecule has 0 aliphatic carbocycles. The Morgan fingerprint density at radius 2 is 2.00 bits per heavy atom. The van der Waals surface area contributed by atoms with Gasteiger partial charge in [0, 0.05) is 6.61 Å². The summed E-state index contributed by atoms with van der Waals surface area (Å²) in [6, 6.07) is 5.78. The van der Waals surface area contributed by atoms with E-state index in [0.29, 0.717) is 18.9 Å². The number of rotatable bonds is 7. The average Bonchev–Trinajstić information content (AvgIpc) is 2.28. The maximum atomic E-state index is 5.79. The topological polar surface area (TPSA) is 44.5 Å². The van der Waals surface area contributed by atoms with Crippen LogP contribution in [0.4, 0.5) is 5.69 Å². The highest BCUT2D eigenvalue weighted by atomic mass is 16.5. The normalized spacial score (nSPS) is 10.4. The van der Waals surface area contributed by atoms with Gasteiger partial charge in [-0.2, -0.15) is 0 Å². The molecule has 0 saturated heterocycles. The molecule has 0 bridgehead atoms. The zero-order chi connectivity index (χ0) is 11.8. The van der Waals surface area contributed by atoms with E-state index in [0.717, 1.165) is 30.8 Å². The van der Waals surface area contributed by atoms with Crippen LogP contribution < -0.4 is 10.5 Å². The number of nitrogen functional groups attached to an aromatic ring is 1. The molecule has 2 N–H and O–H groups in total. The summed E-state index contributed by atoms with van der Waals surface area (Å²) in [5.74, 6) is 0.749. The zero-order valence-electron chi connectivity index (χ0n) is 10.2. The van der Waals surface area contributed by atoms with Gasteiger partial charge in [-0.3, -0.25) is 0 Å². The second kappa shape index (κ2) is 7.12. The van der Waals surface area contributed by atoms with Crippen molar-refractivity contribution >= 4 is 5.69 Å². The molecule has 3 heteroatoms. The Balaban J connectivity index is 2.23. The van der Waals surface area contributed by atoms with Gasteiger partial charge in [0.05, 0.1) is 12.3 Å². The van der Waals surface area contributed by atoms with E-state index < -0.39 is 0 Å². The Labute approximate surface area is 97.6 Å². The third-order valence-corrected chi connectivity index (χ3v) is 2.30. The highest BCUT2D eigenvalue weighted by Crippen LogP contribution is 2.21. The summed E-state index contributed by atoms with van der Waals surface area (Å²) in [6.45, 7) is 6.14. The van der Waals surface area contributed by atoms with Crippen molar-refractivity contribution in [2.75, 3.05) is 25.6 Å². The predicted octanol–water partition coefficient (Wildman–Crippen LogP) is 2.77. The molecule has 0 unspecified atom stereocenters. The van der Waals surface area contributed by atoms with Gasteiger partial charge in [0.1, 0.15) is 12.4 Å². The number of anilines is 1. The van der Waals surface area contributed by atoms with Gasteiger partial charge in [0.15, 0.2) is 0 Å². The van der Waals surface area contributed by atoms with Crippen molar-refractivity contribution in [1.29, 1.82) is 0 Å². The fourth-order valence-electron chi connectivity index (χ4n) is 1.33. The lowest BCUT2D eigenvalue weighted by Gasteiger charge is -2.09. The van der Waals surface area contributed by atoms with Gasteiger partial charge < -0.3 is 15.2 Å². The van der Waals surface area contributed by atoms with Gasteiger partial charge >= 0.3 is 0 Å². The molecule has 3 nitrogen and oxygen atoms in total. The summed E-state index contributed by atoms with van der Waals surface area (Å²) in [5.41, 5.74) is 7.62. The molecule has 16 heavy (non-hydrogen) atoms. The molecule has 0 spiro atoms.